The third kappa shape index (κ3) is 5.36. The number of rotatable bonds is 3. The number of halogens is 1. The normalized spacial score (nSPS) is 25.3. The number of nitrogens with one attached hydrogen (secondary N) is 1. The molecule has 5 rings (SSSR count). The quantitative estimate of drug-likeness (QED) is 0.582. The molecule has 0 aromatic carbocycles. The first-order chi connectivity index (χ1) is 16.8. The van der Waals surface area contributed by atoms with Crippen molar-refractivity contribution >= 4 is 35.2 Å². The average molecular weight is 501 g/mol. The zero-order valence-electron chi connectivity index (χ0n) is 21.1. The highest BCUT2D eigenvalue weighted by atomic mass is 35.5. The maximum Gasteiger partial charge on any atom is 0.415 e. The van der Waals surface area contributed by atoms with Crippen LogP contribution in [0.4, 0.5) is 10.5 Å². The van der Waals surface area contributed by atoms with Crippen LogP contribution in [0, 0.1) is 5.92 Å². The molecule has 1 N–H and O–H groups in total. The van der Waals surface area contributed by atoms with E-state index in [2.05, 4.69) is 15.2 Å². The van der Waals surface area contributed by atoms with E-state index in [-0.39, 0.29) is 6.09 Å². The second kappa shape index (κ2) is 10.1. The summed E-state index contributed by atoms with van der Waals surface area (Å²) in [4.78, 5) is 18.5. The minimum Gasteiger partial charge on any atom is -0.443 e. The van der Waals surface area contributed by atoms with E-state index in [1.54, 1.807) is 11.1 Å². The maximum atomic E-state index is 13.3. The lowest BCUT2D eigenvalue weighted by atomic mass is 9.81. The highest BCUT2D eigenvalue weighted by Gasteiger charge is 2.34. The van der Waals surface area contributed by atoms with Gasteiger partial charge in [0, 0.05) is 17.1 Å². The molecule has 4 aliphatic rings. The first kappa shape index (κ1) is 24.6. The number of aromatic nitrogens is 1. The smallest absolute Gasteiger partial charge is 0.415 e. The highest BCUT2D eigenvalue weighted by Crippen LogP contribution is 2.39. The summed E-state index contributed by atoms with van der Waals surface area (Å²) in [6.07, 6.45) is 14.5. The molecule has 0 atom stereocenters. The molecule has 0 spiro atoms. The topological polar surface area (TPSA) is 79.3 Å². The largest absolute Gasteiger partial charge is 0.443 e. The van der Waals surface area contributed by atoms with Crippen molar-refractivity contribution in [1.29, 1.82) is 0 Å². The van der Waals surface area contributed by atoms with E-state index in [1.807, 2.05) is 26.8 Å². The number of anilines is 1. The molecule has 0 saturated heterocycles. The summed E-state index contributed by atoms with van der Waals surface area (Å²) in [7, 11) is 0. The summed E-state index contributed by atoms with van der Waals surface area (Å²) in [5.41, 5.74) is 2.29. The van der Waals surface area contributed by atoms with Gasteiger partial charge in [-0.3, -0.25) is 4.90 Å². The zero-order chi connectivity index (χ0) is 24.6. The zero-order valence-corrected chi connectivity index (χ0v) is 21.9. The first-order valence-electron chi connectivity index (χ1n) is 13.1. The molecule has 2 aliphatic carbocycles. The lowest BCUT2D eigenvalue weighted by Gasteiger charge is -2.33. The number of H-pyrrole nitrogens is 1. The van der Waals surface area contributed by atoms with Crippen molar-refractivity contribution in [2.75, 3.05) is 11.4 Å². The van der Waals surface area contributed by atoms with E-state index in [0.717, 1.165) is 53.2 Å². The van der Waals surface area contributed by atoms with E-state index in [0.29, 0.717) is 36.2 Å². The molecule has 8 heteroatoms. The summed E-state index contributed by atoms with van der Waals surface area (Å²) in [6, 6.07) is 0. The van der Waals surface area contributed by atoms with Crippen LogP contribution in [0.2, 0.25) is 0 Å². The van der Waals surface area contributed by atoms with Gasteiger partial charge in [-0.25, -0.2) is 4.79 Å². The summed E-state index contributed by atoms with van der Waals surface area (Å²) < 4.78 is 12.2. The average Bonchev–Trinajstić information content (AvgIpc) is 3.12. The van der Waals surface area contributed by atoms with E-state index in [4.69, 9.17) is 21.1 Å². The summed E-state index contributed by atoms with van der Waals surface area (Å²) in [5, 5.41) is 10.8. The van der Waals surface area contributed by atoms with Gasteiger partial charge in [0.25, 0.3) is 0 Å². The fourth-order valence-corrected chi connectivity index (χ4v) is 6.17. The number of nitrogens with zero attached hydrogens (tertiary/aromatic N) is 3. The minimum absolute atomic E-state index is 0.302. The van der Waals surface area contributed by atoms with Gasteiger partial charge in [0.15, 0.2) is 0 Å². The molecule has 0 bridgehead atoms. The monoisotopic (exact) mass is 500 g/mol. The number of allylic oxidation sites excluding steroid dienone is 1. The Bertz CT molecular complexity index is 1130. The minimum atomic E-state index is -0.595. The van der Waals surface area contributed by atoms with Crippen molar-refractivity contribution in [1.82, 2.24) is 4.98 Å². The molecule has 0 radical (unpaired) electrons. The van der Waals surface area contributed by atoms with Gasteiger partial charge >= 0.3 is 6.09 Å². The van der Waals surface area contributed by atoms with E-state index in [9.17, 15) is 4.79 Å². The predicted molar refractivity (Wildman–Crippen MR) is 138 cm³/mol. The van der Waals surface area contributed by atoms with Crippen LogP contribution in [-0.4, -0.2) is 35.4 Å². The second-order valence-electron chi connectivity index (χ2n) is 11.2. The Morgan fingerprint density at radius 3 is 2.51 bits per heavy atom. The molecular weight excluding hydrogens is 464 g/mol. The predicted octanol–water partition coefficient (Wildman–Crippen LogP) is 5.66. The number of hydrogen-bond donors (Lipinski definition) is 1. The molecular formula is C27H37ClN4O3. The molecule has 190 valence electrons. The van der Waals surface area contributed by atoms with Crippen LogP contribution in [0.3, 0.4) is 0 Å². The Morgan fingerprint density at radius 1 is 1.09 bits per heavy atom. The first-order valence-corrected chi connectivity index (χ1v) is 13.5. The van der Waals surface area contributed by atoms with Crippen molar-refractivity contribution in [3.63, 3.8) is 0 Å². The summed E-state index contributed by atoms with van der Waals surface area (Å²) in [6.45, 7) is 6.42. The molecule has 2 saturated carbocycles. The number of aromatic amines is 1. The Kier molecular flexibility index (Phi) is 7.09. The van der Waals surface area contributed by atoms with E-state index in [1.165, 1.54) is 32.1 Å². The molecule has 35 heavy (non-hydrogen) atoms. The van der Waals surface area contributed by atoms with E-state index >= 15 is 0 Å². The number of carbonyl (C=O) groups is 1. The fraction of sp³-hybridized carbons (Fsp3) is 0.667. The molecule has 7 nitrogen and oxygen atoms in total. The molecule has 1 aromatic heterocycles. The second-order valence-corrected chi connectivity index (χ2v) is 11.6. The molecule has 0 unspecified atom stereocenters. The number of hydrogen-bond acceptors (Lipinski definition) is 5. The Hall–Kier alpha value is -2.12. The van der Waals surface area contributed by atoms with Crippen LogP contribution >= 0.6 is 11.6 Å². The van der Waals surface area contributed by atoms with Crippen LogP contribution < -0.4 is 15.6 Å². The maximum absolute atomic E-state index is 13.3. The summed E-state index contributed by atoms with van der Waals surface area (Å²) >= 11 is 6.94. The fourth-order valence-electron chi connectivity index (χ4n) is 5.86. The van der Waals surface area contributed by atoms with Crippen molar-refractivity contribution in [3.05, 3.63) is 27.4 Å². The Labute approximate surface area is 212 Å². The standard InChI is InChI=1S/C27H37ClN4O3/c1-27(2,3)35-26(33)32-14-13-21(28)23(24-25(32)20-15-29-30-16-22(20)31-24)17-9-11-19(12-10-17)34-18-7-5-4-6-8-18/h13,16-19,31H,4-12,14-15H2,1-3H3/t17-,19+. The molecule has 1 aromatic rings. The highest BCUT2D eigenvalue weighted by molar-refractivity contribution is 6.36. The number of fused-ring (bicyclic) bond motifs is 3. The van der Waals surface area contributed by atoms with Crippen molar-refractivity contribution < 1.29 is 14.3 Å². The summed E-state index contributed by atoms with van der Waals surface area (Å²) in [5.74, 6) is 0.302. The van der Waals surface area contributed by atoms with Gasteiger partial charge in [0.1, 0.15) is 5.60 Å². The number of amides is 1. The van der Waals surface area contributed by atoms with Gasteiger partial charge in [-0.1, -0.05) is 30.9 Å². The molecule has 2 aliphatic heterocycles. The third-order valence-electron chi connectivity index (χ3n) is 7.49. The lowest BCUT2D eigenvalue weighted by Crippen LogP contribution is -2.39. The van der Waals surface area contributed by atoms with E-state index < -0.39 is 5.60 Å². The van der Waals surface area contributed by atoms with Crippen LogP contribution in [0.25, 0.3) is 11.8 Å². The van der Waals surface area contributed by atoms with Gasteiger partial charge in [-0.15, -0.1) is 0 Å². The Balaban J connectivity index is 1.46. The number of carbonyl (C=O) groups excluding carboxylic acids is 1. The SMILES string of the molecule is CC(C)(C)OC(=O)N1CC=C(Cl)C([C@H]2CC[C@@H](OC3CCCCC3)CC2)=c2[nH]c3c(c21)CN=NC=3. The van der Waals surface area contributed by atoms with Gasteiger partial charge < -0.3 is 14.5 Å². The molecule has 1 amide bonds. The van der Waals surface area contributed by atoms with Crippen molar-refractivity contribution in [2.24, 2.45) is 16.1 Å². The van der Waals surface area contributed by atoms with Gasteiger partial charge in [-0.2, -0.15) is 10.2 Å². The molecule has 2 fully saturated rings. The van der Waals surface area contributed by atoms with Gasteiger partial charge in [0.2, 0.25) is 0 Å². The van der Waals surface area contributed by atoms with Crippen LogP contribution in [0.1, 0.15) is 84.1 Å². The van der Waals surface area contributed by atoms with Crippen molar-refractivity contribution in [2.45, 2.75) is 103 Å². The van der Waals surface area contributed by atoms with Crippen LogP contribution in [0.15, 0.2) is 21.3 Å². The number of azo groups is 1. The molecule has 3 heterocycles. The van der Waals surface area contributed by atoms with Gasteiger partial charge in [-0.05, 0) is 76.9 Å². The third-order valence-corrected chi connectivity index (χ3v) is 7.85. The van der Waals surface area contributed by atoms with Crippen molar-refractivity contribution in [3.8, 4) is 0 Å². The van der Waals surface area contributed by atoms with Crippen LogP contribution in [0.5, 0.6) is 0 Å². The van der Waals surface area contributed by atoms with Gasteiger partial charge in [0.05, 0.1) is 41.3 Å². The van der Waals surface area contributed by atoms with Crippen LogP contribution in [-0.2, 0) is 16.0 Å². The number of ether oxygens (including phenoxy) is 2. The lowest BCUT2D eigenvalue weighted by molar-refractivity contribution is -0.0481. The Morgan fingerprint density at radius 2 is 1.80 bits per heavy atom.